The van der Waals surface area contributed by atoms with Crippen molar-refractivity contribution in [2.75, 3.05) is 11.9 Å². The molecule has 88 valence electrons. The summed E-state index contributed by atoms with van der Waals surface area (Å²) in [6, 6.07) is 6.91. The molecule has 0 saturated carbocycles. The maximum absolute atomic E-state index is 10.6. The number of pyridine rings is 1. The van der Waals surface area contributed by atoms with Crippen molar-refractivity contribution in [2.24, 2.45) is 0 Å². The minimum atomic E-state index is -0.973. The first kappa shape index (κ1) is 11.2. The highest BCUT2D eigenvalue weighted by Crippen LogP contribution is 2.06. The molecule has 17 heavy (non-hydrogen) atoms. The molecule has 0 aromatic carbocycles. The third-order valence-electron chi connectivity index (χ3n) is 2.27. The van der Waals surface area contributed by atoms with Gasteiger partial charge in [-0.2, -0.15) is 0 Å². The van der Waals surface area contributed by atoms with E-state index >= 15 is 0 Å². The number of carboxylic acid groups (broad SMARTS) is 1. The Labute approximate surface area is 98.1 Å². The zero-order valence-corrected chi connectivity index (χ0v) is 9.09. The van der Waals surface area contributed by atoms with Crippen molar-refractivity contribution >= 4 is 11.8 Å². The van der Waals surface area contributed by atoms with Crippen molar-refractivity contribution in [1.82, 2.24) is 4.98 Å². The summed E-state index contributed by atoms with van der Waals surface area (Å²) in [7, 11) is 0. The Morgan fingerprint density at radius 2 is 2.29 bits per heavy atom. The summed E-state index contributed by atoms with van der Waals surface area (Å²) in [6.45, 7) is 0.687. The fraction of sp³-hybridized carbons (Fsp3) is 0.167. The zero-order valence-electron chi connectivity index (χ0n) is 9.09. The molecule has 0 amide bonds. The van der Waals surface area contributed by atoms with Crippen LogP contribution < -0.4 is 5.32 Å². The van der Waals surface area contributed by atoms with E-state index in [2.05, 4.69) is 10.3 Å². The molecule has 0 fully saturated rings. The number of aromatic carboxylic acids is 1. The first-order valence-electron chi connectivity index (χ1n) is 5.21. The summed E-state index contributed by atoms with van der Waals surface area (Å²) >= 11 is 0. The molecular weight excluding hydrogens is 220 g/mol. The predicted molar refractivity (Wildman–Crippen MR) is 62.1 cm³/mol. The van der Waals surface area contributed by atoms with E-state index in [9.17, 15) is 4.79 Å². The van der Waals surface area contributed by atoms with Crippen molar-refractivity contribution < 1.29 is 14.3 Å². The van der Waals surface area contributed by atoms with Gasteiger partial charge in [-0.3, -0.25) is 0 Å². The van der Waals surface area contributed by atoms with Crippen molar-refractivity contribution in [3.05, 3.63) is 48.0 Å². The van der Waals surface area contributed by atoms with Crippen LogP contribution in [0, 0.1) is 0 Å². The largest absolute Gasteiger partial charge is 0.478 e. The molecule has 0 aliphatic rings. The molecule has 2 aromatic heterocycles. The normalized spacial score (nSPS) is 10.1. The van der Waals surface area contributed by atoms with Crippen molar-refractivity contribution in [3.8, 4) is 0 Å². The first-order valence-corrected chi connectivity index (χ1v) is 5.21. The fourth-order valence-electron chi connectivity index (χ4n) is 1.39. The van der Waals surface area contributed by atoms with Crippen LogP contribution in [0.1, 0.15) is 16.1 Å². The van der Waals surface area contributed by atoms with Gasteiger partial charge in [-0.15, -0.1) is 0 Å². The average Bonchev–Trinajstić information content (AvgIpc) is 2.83. The van der Waals surface area contributed by atoms with Crippen molar-refractivity contribution in [2.45, 2.75) is 6.42 Å². The van der Waals surface area contributed by atoms with E-state index in [4.69, 9.17) is 9.52 Å². The van der Waals surface area contributed by atoms with Gasteiger partial charge in [0.25, 0.3) is 0 Å². The van der Waals surface area contributed by atoms with Crippen molar-refractivity contribution in [3.63, 3.8) is 0 Å². The van der Waals surface area contributed by atoms with Gasteiger partial charge in [0.1, 0.15) is 11.6 Å². The van der Waals surface area contributed by atoms with E-state index < -0.39 is 5.97 Å². The summed E-state index contributed by atoms with van der Waals surface area (Å²) in [4.78, 5) is 14.6. The van der Waals surface area contributed by atoms with Gasteiger partial charge in [-0.05, 0) is 24.3 Å². The van der Waals surface area contributed by atoms with Crippen LogP contribution in [0.5, 0.6) is 0 Å². The van der Waals surface area contributed by atoms with Gasteiger partial charge in [0.2, 0.25) is 0 Å². The highest BCUT2D eigenvalue weighted by atomic mass is 16.4. The van der Waals surface area contributed by atoms with Gasteiger partial charge >= 0.3 is 5.97 Å². The van der Waals surface area contributed by atoms with Gasteiger partial charge < -0.3 is 14.8 Å². The number of nitrogens with one attached hydrogen (secondary N) is 1. The summed E-state index contributed by atoms with van der Waals surface area (Å²) < 4.78 is 5.18. The highest BCUT2D eigenvalue weighted by Gasteiger charge is 2.02. The number of nitrogens with zero attached hydrogens (tertiary/aromatic N) is 1. The number of carboxylic acids is 1. The predicted octanol–water partition coefficient (Wildman–Crippen LogP) is 2.03. The second kappa shape index (κ2) is 5.16. The molecule has 0 saturated heterocycles. The zero-order chi connectivity index (χ0) is 12.1. The van der Waals surface area contributed by atoms with Crippen LogP contribution in [-0.2, 0) is 6.42 Å². The van der Waals surface area contributed by atoms with E-state index in [0.29, 0.717) is 12.4 Å². The van der Waals surface area contributed by atoms with Crippen LogP contribution >= 0.6 is 0 Å². The van der Waals surface area contributed by atoms with Gasteiger partial charge in [0.15, 0.2) is 0 Å². The van der Waals surface area contributed by atoms with Crippen LogP contribution in [0.3, 0.4) is 0 Å². The second-order valence-corrected chi connectivity index (χ2v) is 3.49. The lowest BCUT2D eigenvalue weighted by Gasteiger charge is -2.04. The Bertz CT molecular complexity index is 477. The molecular formula is C12H12N2O3. The summed E-state index contributed by atoms with van der Waals surface area (Å²) in [5, 5.41) is 11.8. The average molecular weight is 232 g/mol. The number of rotatable bonds is 5. The number of hydrogen-bond donors (Lipinski definition) is 2. The molecule has 2 aromatic rings. The van der Waals surface area contributed by atoms with Gasteiger partial charge in [-0.25, -0.2) is 9.78 Å². The third kappa shape index (κ3) is 3.07. The first-order chi connectivity index (χ1) is 8.25. The lowest BCUT2D eigenvalue weighted by Crippen LogP contribution is -2.06. The third-order valence-corrected chi connectivity index (χ3v) is 2.27. The number of hydrogen-bond acceptors (Lipinski definition) is 4. The lowest BCUT2D eigenvalue weighted by molar-refractivity contribution is 0.0696. The van der Waals surface area contributed by atoms with E-state index in [0.717, 1.165) is 12.2 Å². The summed E-state index contributed by atoms with van der Waals surface area (Å²) in [5.41, 5.74) is 0.182. The minimum Gasteiger partial charge on any atom is -0.478 e. The number of carbonyl (C=O) groups is 1. The van der Waals surface area contributed by atoms with E-state index in [1.54, 1.807) is 12.3 Å². The van der Waals surface area contributed by atoms with Crippen molar-refractivity contribution in [1.29, 1.82) is 0 Å². The Morgan fingerprint density at radius 3 is 2.88 bits per heavy atom. The number of furan rings is 1. The maximum atomic E-state index is 10.6. The Balaban J connectivity index is 1.85. The Morgan fingerprint density at radius 1 is 1.41 bits per heavy atom. The quantitative estimate of drug-likeness (QED) is 0.824. The molecule has 2 rings (SSSR count). The lowest BCUT2D eigenvalue weighted by atomic mass is 10.3. The number of aromatic nitrogens is 1. The Kier molecular flexibility index (Phi) is 3.40. The summed E-state index contributed by atoms with van der Waals surface area (Å²) in [6.07, 6.45) is 3.72. The van der Waals surface area contributed by atoms with E-state index in [1.807, 2.05) is 12.1 Å². The minimum absolute atomic E-state index is 0.182. The summed E-state index contributed by atoms with van der Waals surface area (Å²) in [5.74, 6) is 0.584. The SMILES string of the molecule is O=C(O)c1ccc(NCCc2ccco2)nc1. The highest BCUT2D eigenvalue weighted by molar-refractivity contribution is 5.87. The van der Waals surface area contributed by atoms with Crippen LogP contribution in [0.25, 0.3) is 0 Å². The topological polar surface area (TPSA) is 75.4 Å². The molecule has 5 nitrogen and oxygen atoms in total. The molecule has 0 aliphatic heterocycles. The molecule has 0 atom stereocenters. The molecule has 0 spiro atoms. The molecule has 5 heteroatoms. The standard InChI is InChI=1S/C12H12N2O3/c15-12(16)9-3-4-11(14-8-9)13-6-5-10-2-1-7-17-10/h1-4,7-8H,5-6H2,(H,13,14)(H,15,16). The molecule has 0 aliphatic carbocycles. The Hall–Kier alpha value is -2.30. The van der Waals surface area contributed by atoms with Crippen LogP contribution in [0.2, 0.25) is 0 Å². The molecule has 0 unspecified atom stereocenters. The molecule has 2 heterocycles. The monoisotopic (exact) mass is 232 g/mol. The van der Waals surface area contributed by atoms with Crippen LogP contribution in [0.15, 0.2) is 41.1 Å². The smallest absolute Gasteiger partial charge is 0.337 e. The van der Waals surface area contributed by atoms with Crippen LogP contribution in [-0.4, -0.2) is 22.6 Å². The maximum Gasteiger partial charge on any atom is 0.337 e. The van der Waals surface area contributed by atoms with Gasteiger partial charge in [-0.1, -0.05) is 0 Å². The van der Waals surface area contributed by atoms with E-state index in [-0.39, 0.29) is 5.56 Å². The fourth-order valence-corrected chi connectivity index (χ4v) is 1.39. The molecule has 0 radical (unpaired) electrons. The molecule has 2 N–H and O–H groups in total. The van der Waals surface area contributed by atoms with Crippen LogP contribution in [0.4, 0.5) is 5.82 Å². The second-order valence-electron chi connectivity index (χ2n) is 3.49. The molecule has 0 bridgehead atoms. The van der Waals surface area contributed by atoms with Gasteiger partial charge in [0, 0.05) is 19.2 Å². The van der Waals surface area contributed by atoms with Gasteiger partial charge in [0.05, 0.1) is 11.8 Å². The van der Waals surface area contributed by atoms with E-state index in [1.165, 1.54) is 12.3 Å². The number of anilines is 1.